The predicted octanol–water partition coefficient (Wildman–Crippen LogP) is 11.9. The van der Waals surface area contributed by atoms with Crippen LogP contribution in [-0.4, -0.2) is 16.8 Å². The Kier molecular flexibility index (Phi) is 16.9. The van der Waals surface area contributed by atoms with Gasteiger partial charge in [0.25, 0.3) is 0 Å². The zero-order chi connectivity index (χ0) is 29.2. The van der Waals surface area contributed by atoms with Gasteiger partial charge in [-0.1, -0.05) is 135 Å². The van der Waals surface area contributed by atoms with Gasteiger partial charge in [0.05, 0.1) is 11.1 Å². The lowest BCUT2D eigenvalue weighted by Crippen LogP contribution is -2.25. The first-order chi connectivity index (χ1) is 19.3. The smallest absolute Gasteiger partial charge is 0.169 e. The third kappa shape index (κ3) is 13.0. The monoisotopic (exact) mass is 590 g/mol. The van der Waals surface area contributed by atoms with Crippen molar-refractivity contribution in [2.75, 3.05) is 5.88 Å². The van der Waals surface area contributed by atoms with Crippen LogP contribution in [0.3, 0.4) is 0 Å². The van der Waals surface area contributed by atoms with Crippen molar-refractivity contribution in [1.29, 1.82) is 0 Å². The van der Waals surface area contributed by atoms with Gasteiger partial charge in [-0.15, -0.1) is 11.6 Å². The molecular formula is C35H52Cl2O3. The molecule has 0 radical (unpaired) electrons. The lowest BCUT2D eigenvalue weighted by molar-refractivity contribution is 0.0862. The zero-order valence-corrected chi connectivity index (χ0v) is 26.7. The second-order valence-corrected chi connectivity index (χ2v) is 12.6. The maximum absolute atomic E-state index is 12.6. The number of carbonyl (C=O) groups is 1. The van der Waals surface area contributed by atoms with Crippen LogP contribution in [-0.2, 0) is 0 Å². The summed E-state index contributed by atoms with van der Waals surface area (Å²) in [5, 5.41) is 11.2. The molecule has 2 rings (SSSR count). The maximum atomic E-state index is 12.6. The molecule has 0 bridgehead atoms. The molecule has 2 aromatic rings. The van der Waals surface area contributed by atoms with Crippen LogP contribution in [0, 0.1) is 5.41 Å². The Bertz CT molecular complexity index is 971. The van der Waals surface area contributed by atoms with E-state index in [1.54, 1.807) is 30.3 Å². The first kappa shape index (κ1) is 34.7. The van der Waals surface area contributed by atoms with Gasteiger partial charge in [-0.25, -0.2) is 0 Å². The Balaban J connectivity index is 1.61. The van der Waals surface area contributed by atoms with Crippen molar-refractivity contribution in [3.63, 3.8) is 0 Å². The number of aliphatic hydroxyl groups is 1. The molecule has 0 heterocycles. The summed E-state index contributed by atoms with van der Waals surface area (Å²) in [7, 11) is 0. The Morgan fingerprint density at radius 3 is 1.73 bits per heavy atom. The second-order valence-electron chi connectivity index (χ2n) is 11.9. The highest BCUT2D eigenvalue weighted by Crippen LogP contribution is 2.33. The minimum atomic E-state index is -0.611. The minimum Gasteiger partial charge on any atom is -0.457 e. The average molecular weight is 592 g/mol. The van der Waals surface area contributed by atoms with Crippen molar-refractivity contribution < 1.29 is 14.6 Å². The molecule has 2 aromatic carbocycles. The normalized spacial score (nSPS) is 12.4. The van der Waals surface area contributed by atoms with E-state index in [1.807, 2.05) is 26.0 Å². The van der Waals surface area contributed by atoms with Gasteiger partial charge in [0.2, 0.25) is 0 Å². The summed E-state index contributed by atoms with van der Waals surface area (Å²) in [6.45, 7) is 5.95. The molecule has 0 fully saturated rings. The number of aliphatic hydroxyl groups excluding tert-OH is 1. The van der Waals surface area contributed by atoms with Crippen molar-refractivity contribution >= 4 is 29.0 Å². The third-order valence-electron chi connectivity index (χ3n) is 7.71. The Morgan fingerprint density at radius 2 is 1.25 bits per heavy atom. The summed E-state index contributed by atoms with van der Waals surface area (Å²) in [5.41, 5.74) is 0.734. The molecule has 1 N–H and O–H groups in total. The van der Waals surface area contributed by atoms with Crippen LogP contribution in [0.1, 0.15) is 146 Å². The number of benzene rings is 2. The fourth-order valence-corrected chi connectivity index (χ4v) is 5.39. The van der Waals surface area contributed by atoms with Crippen LogP contribution in [0.5, 0.6) is 11.5 Å². The minimum absolute atomic E-state index is 0.00418. The van der Waals surface area contributed by atoms with Crippen molar-refractivity contribution in [1.82, 2.24) is 0 Å². The van der Waals surface area contributed by atoms with Gasteiger partial charge >= 0.3 is 0 Å². The number of rotatable bonds is 22. The van der Waals surface area contributed by atoms with Crippen LogP contribution in [0.2, 0.25) is 5.02 Å². The molecular weight excluding hydrogens is 539 g/mol. The largest absolute Gasteiger partial charge is 0.457 e. The van der Waals surface area contributed by atoms with Crippen LogP contribution in [0.25, 0.3) is 0 Å². The molecule has 40 heavy (non-hydrogen) atoms. The highest BCUT2D eigenvalue weighted by molar-refractivity contribution is 6.31. The Morgan fingerprint density at radius 1 is 0.775 bits per heavy atom. The molecule has 1 unspecified atom stereocenters. The first-order valence-electron chi connectivity index (χ1n) is 15.6. The standard InChI is InChI=1S/C35H52Cl2O3/c1-4-5-6-7-8-9-10-11-12-13-14-15-16-17-18-19-33(38)31-25-24-30(26-32(31)37)40-29-22-20-28(21-23-29)34(39)35(2,3)27-36/h20-26,33,38H,4-19,27H2,1-3H3. The SMILES string of the molecule is CCCCCCCCCCCCCCCCCC(O)c1ccc(Oc2ccc(C(=O)C(C)(C)CCl)cc2)cc1Cl. The summed E-state index contributed by atoms with van der Waals surface area (Å²) in [4.78, 5) is 12.6. The molecule has 0 aromatic heterocycles. The molecule has 0 spiro atoms. The molecule has 0 aliphatic rings. The first-order valence-corrected chi connectivity index (χ1v) is 16.6. The second kappa shape index (κ2) is 19.5. The van der Waals surface area contributed by atoms with E-state index >= 15 is 0 Å². The summed E-state index contributed by atoms with van der Waals surface area (Å²) < 4.78 is 5.93. The van der Waals surface area contributed by atoms with E-state index in [9.17, 15) is 9.90 Å². The number of ketones is 1. The van der Waals surface area contributed by atoms with Gasteiger partial charge in [0.15, 0.2) is 5.78 Å². The Labute approximate surface area is 254 Å². The van der Waals surface area contributed by atoms with Crippen LogP contribution < -0.4 is 4.74 Å². The van der Waals surface area contributed by atoms with Gasteiger partial charge in [-0.3, -0.25) is 4.79 Å². The summed E-state index contributed by atoms with van der Waals surface area (Å²) in [6.07, 6.45) is 20.1. The molecule has 0 aliphatic carbocycles. The summed E-state index contributed by atoms with van der Waals surface area (Å²) in [6, 6.07) is 12.4. The number of Topliss-reactive ketones (excluding diaryl/α,β-unsaturated/α-hetero) is 1. The van der Waals surface area contributed by atoms with Gasteiger partial charge in [0.1, 0.15) is 11.5 Å². The molecule has 3 nitrogen and oxygen atoms in total. The van der Waals surface area contributed by atoms with E-state index in [1.165, 1.54) is 83.5 Å². The fourth-order valence-electron chi connectivity index (χ4n) is 4.97. The number of carbonyl (C=O) groups excluding carboxylic acids is 1. The molecule has 0 saturated heterocycles. The topological polar surface area (TPSA) is 46.5 Å². The number of alkyl halides is 1. The number of ether oxygens (including phenoxy) is 1. The van der Waals surface area contributed by atoms with Crippen molar-refractivity contribution in [2.45, 2.75) is 130 Å². The van der Waals surface area contributed by atoms with Gasteiger partial charge in [0, 0.05) is 16.9 Å². The van der Waals surface area contributed by atoms with E-state index in [4.69, 9.17) is 27.9 Å². The van der Waals surface area contributed by atoms with Gasteiger partial charge in [-0.2, -0.15) is 0 Å². The quantitative estimate of drug-likeness (QED) is 0.0842. The van der Waals surface area contributed by atoms with Gasteiger partial charge < -0.3 is 9.84 Å². The zero-order valence-electron chi connectivity index (χ0n) is 25.2. The third-order valence-corrected chi connectivity index (χ3v) is 8.71. The summed E-state index contributed by atoms with van der Waals surface area (Å²) >= 11 is 12.4. The van der Waals surface area contributed by atoms with E-state index in [0.717, 1.165) is 18.4 Å². The van der Waals surface area contributed by atoms with Crippen LogP contribution in [0.15, 0.2) is 42.5 Å². The van der Waals surface area contributed by atoms with Crippen molar-refractivity contribution in [2.24, 2.45) is 5.41 Å². The lowest BCUT2D eigenvalue weighted by Gasteiger charge is -2.19. The van der Waals surface area contributed by atoms with E-state index < -0.39 is 11.5 Å². The fraction of sp³-hybridized carbons (Fsp3) is 0.629. The number of hydrogen-bond acceptors (Lipinski definition) is 3. The van der Waals surface area contributed by atoms with Crippen LogP contribution >= 0.6 is 23.2 Å². The number of hydrogen-bond donors (Lipinski definition) is 1. The van der Waals surface area contributed by atoms with E-state index in [2.05, 4.69) is 6.92 Å². The Hall–Kier alpha value is -1.55. The molecule has 0 saturated carbocycles. The van der Waals surface area contributed by atoms with Crippen molar-refractivity contribution in [3.8, 4) is 11.5 Å². The highest BCUT2D eigenvalue weighted by Gasteiger charge is 2.27. The molecule has 5 heteroatoms. The molecule has 224 valence electrons. The number of halogens is 2. The van der Waals surface area contributed by atoms with E-state index in [-0.39, 0.29) is 11.7 Å². The molecule has 0 aliphatic heterocycles. The number of unbranched alkanes of at least 4 members (excludes halogenated alkanes) is 14. The molecule has 0 amide bonds. The summed E-state index contributed by atoms with van der Waals surface area (Å²) in [5.74, 6) is 1.47. The molecule has 1 atom stereocenters. The highest BCUT2D eigenvalue weighted by atomic mass is 35.5. The van der Waals surface area contributed by atoms with Crippen molar-refractivity contribution in [3.05, 3.63) is 58.6 Å². The predicted molar refractivity (Wildman–Crippen MR) is 171 cm³/mol. The average Bonchev–Trinajstić information content (AvgIpc) is 2.95. The lowest BCUT2D eigenvalue weighted by atomic mass is 9.86. The van der Waals surface area contributed by atoms with E-state index in [0.29, 0.717) is 28.5 Å². The van der Waals surface area contributed by atoms with Crippen LogP contribution in [0.4, 0.5) is 0 Å². The maximum Gasteiger partial charge on any atom is 0.169 e. The van der Waals surface area contributed by atoms with Gasteiger partial charge in [-0.05, 0) is 48.4 Å².